The molecule has 2 heterocycles. The summed E-state index contributed by atoms with van der Waals surface area (Å²) >= 11 is 3.43. The zero-order chi connectivity index (χ0) is 14.0. The van der Waals surface area contributed by atoms with Crippen LogP contribution in [0, 0.1) is 11.3 Å². The summed E-state index contributed by atoms with van der Waals surface area (Å²) in [6.07, 6.45) is 4.92. The van der Waals surface area contributed by atoms with E-state index in [0.717, 1.165) is 21.3 Å². The molecule has 0 amide bonds. The van der Waals surface area contributed by atoms with Crippen LogP contribution < -0.4 is 4.74 Å². The monoisotopic (exact) mass is 328 g/mol. The topological polar surface area (TPSA) is 45.9 Å². The van der Waals surface area contributed by atoms with Gasteiger partial charge in [-0.1, -0.05) is 18.2 Å². The van der Waals surface area contributed by atoms with E-state index in [9.17, 15) is 5.26 Å². The molecule has 0 radical (unpaired) electrons. The van der Waals surface area contributed by atoms with Crippen LogP contribution in [-0.2, 0) is 11.8 Å². The minimum atomic E-state index is -0.530. The first-order valence-electron chi connectivity index (χ1n) is 6.46. The number of nitrogens with zero attached hydrogens (tertiary/aromatic N) is 2. The number of hydrogen-bond donors (Lipinski definition) is 0. The van der Waals surface area contributed by atoms with Crippen molar-refractivity contribution in [3.8, 4) is 11.8 Å². The Hall–Kier alpha value is -1.86. The van der Waals surface area contributed by atoms with Gasteiger partial charge in [0.15, 0.2) is 0 Å². The summed E-state index contributed by atoms with van der Waals surface area (Å²) in [6, 6.07) is 12.4. The minimum absolute atomic E-state index is 0.530. The van der Waals surface area contributed by atoms with E-state index in [0.29, 0.717) is 19.4 Å². The molecule has 0 N–H and O–H groups in total. The highest BCUT2D eigenvalue weighted by atomic mass is 79.9. The fourth-order valence-electron chi connectivity index (χ4n) is 2.70. The normalized spacial score (nSPS) is 20.6. The molecule has 1 aliphatic rings. The highest BCUT2D eigenvalue weighted by Crippen LogP contribution is 2.40. The van der Waals surface area contributed by atoms with Gasteiger partial charge in [-0.15, -0.1) is 0 Å². The van der Waals surface area contributed by atoms with Gasteiger partial charge in [-0.25, -0.2) is 0 Å². The molecule has 2 aromatic rings. The smallest absolute Gasteiger partial charge is 0.124 e. The molecule has 4 heteroatoms. The van der Waals surface area contributed by atoms with Gasteiger partial charge in [0.2, 0.25) is 0 Å². The first-order chi connectivity index (χ1) is 9.73. The Kier molecular flexibility index (Phi) is 3.45. The van der Waals surface area contributed by atoms with Crippen molar-refractivity contribution in [2.24, 2.45) is 0 Å². The van der Waals surface area contributed by atoms with Gasteiger partial charge in [-0.3, -0.25) is 4.98 Å². The van der Waals surface area contributed by atoms with Crippen LogP contribution in [-0.4, -0.2) is 11.6 Å². The van der Waals surface area contributed by atoms with Crippen molar-refractivity contribution in [2.75, 3.05) is 6.61 Å². The average molecular weight is 329 g/mol. The van der Waals surface area contributed by atoms with Crippen LogP contribution in [0.5, 0.6) is 5.75 Å². The lowest BCUT2D eigenvalue weighted by molar-refractivity contribution is 0.241. The molecule has 0 bridgehead atoms. The Morgan fingerprint density at radius 2 is 2.20 bits per heavy atom. The first kappa shape index (κ1) is 13.1. The second kappa shape index (κ2) is 5.26. The molecule has 1 aliphatic heterocycles. The van der Waals surface area contributed by atoms with Gasteiger partial charge in [0.25, 0.3) is 0 Å². The van der Waals surface area contributed by atoms with Crippen molar-refractivity contribution < 1.29 is 4.74 Å². The van der Waals surface area contributed by atoms with Crippen LogP contribution in [0.25, 0.3) is 0 Å². The Morgan fingerprint density at radius 1 is 1.35 bits per heavy atom. The summed E-state index contributed by atoms with van der Waals surface area (Å²) in [6.45, 7) is 0.575. The van der Waals surface area contributed by atoms with Crippen LogP contribution in [0.1, 0.15) is 17.5 Å². The number of halogens is 1. The van der Waals surface area contributed by atoms with Gasteiger partial charge in [0.1, 0.15) is 5.75 Å². The zero-order valence-corrected chi connectivity index (χ0v) is 12.4. The summed E-state index contributed by atoms with van der Waals surface area (Å²) in [4.78, 5) is 4.18. The summed E-state index contributed by atoms with van der Waals surface area (Å²) in [5.41, 5.74) is 1.50. The van der Waals surface area contributed by atoms with Crippen molar-refractivity contribution in [1.82, 2.24) is 4.98 Å². The molecule has 0 aliphatic carbocycles. The molecule has 0 fully saturated rings. The Bertz CT molecular complexity index is 680. The largest absolute Gasteiger partial charge is 0.493 e. The summed E-state index contributed by atoms with van der Waals surface area (Å²) < 4.78 is 6.60. The number of para-hydroxylation sites is 1. The van der Waals surface area contributed by atoms with Gasteiger partial charge in [-0.2, -0.15) is 5.26 Å². The zero-order valence-electron chi connectivity index (χ0n) is 10.8. The molecular formula is C16H13BrN2O. The lowest BCUT2D eigenvalue weighted by Crippen LogP contribution is -2.33. The number of benzene rings is 1. The highest BCUT2D eigenvalue weighted by Gasteiger charge is 2.38. The molecule has 0 saturated carbocycles. The van der Waals surface area contributed by atoms with Gasteiger partial charge in [0, 0.05) is 28.9 Å². The van der Waals surface area contributed by atoms with Crippen LogP contribution in [0.2, 0.25) is 0 Å². The second-order valence-corrected chi connectivity index (χ2v) is 5.89. The van der Waals surface area contributed by atoms with Crippen molar-refractivity contribution in [3.05, 3.63) is 58.3 Å². The lowest BCUT2D eigenvalue weighted by Gasteiger charge is -2.33. The number of nitriles is 1. The Labute approximate surface area is 126 Å². The lowest BCUT2D eigenvalue weighted by atomic mass is 9.73. The van der Waals surface area contributed by atoms with Crippen LogP contribution in [0.3, 0.4) is 0 Å². The summed E-state index contributed by atoms with van der Waals surface area (Å²) in [7, 11) is 0. The molecule has 0 saturated heterocycles. The fraction of sp³-hybridized carbons (Fsp3) is 0.250. The predicted molar refractivity (Wildman–Crippen MR) is 79.5 cm³/mol. The number of fused-ring (bicyclic) bond motifs is 1. The molecule has 20 heavy (non-hydrogen) atoms. The van der Waals surface area contributed by atoms with Crippen molar-refractivity contribution in [1.29, 1.82) is 5.26 Å². The molecule has 3 rings (SSSR count). The van der Waals surface area contributed by atoms with Gasteiger partial charge >= 0.3 is 0 Å². The average Bonchev–Trinajstić information content (AvgIpc) is 2.47. The van der Waals surface area contributed by atoms with E-state index in [1.165, 1.54) is 0 Å². The van der Waals surface area contributed by atoms with Crippen LogP contribution >= 0.6 is 15.9 Å². The fourth-order valence-corrected chi connectivity index (χ4v) is 3.11. The molecule has 100 valence electrons. The van der Waals surface area contributed by atoms with E-state index in [4.69, 9.17) is 4.74 Å². The molecule has 1 unspecified atom stereocenters. The standard InChI is InChI=1S/C16H13BrN2O/c17-13-7-12(9-19-10-13)8-16(11-18)5-6-20-15-4-2-1-3-14(15)16/h1-4,7,9-10H,5-6,8H2. The third kappa shape index (κ3) is 2.30. The van der Waals surface area contributed by atoms with E-state index in [1.54, 1.807) is 6.20 Å². The molecule has 3 nitrogen and oxygen atoms in total. The van der Waals surface area contributed by atoms with Crippen molar-refractivity contribution in [3.63, 3.8) is 0 Å². The summed E-state index contributed by atoms with van der Waals surface area (Å²) in [5.74, 6) is 0.822. The SMILES string of the molecule is N#CC1(Cc2cncc(Br)c2)CCOc2ccccc21. The number of ether oxygens (including phenoxy) is 1. The maximum absolute atomic E-state index is 9.78. The van der Waals surface area contributed by atoms with Gasteiger partial charge < -0.3 is 4.74 Å². The third-order valence-electron chi connectivity index (χ3n) is 3.67. The first-order valence-corrected chi connectivity index (χ1v) is 7.26. The molecule has 1 atom stereocenters. The summed E-state index contributed by atoms with van der Waals surface area (Å²) in [5, 5.41) is 9.78. The van der Waals surface area contributed by atoms with Crippen molar-refractivity contribution in [2.45, 2.75) is 18.3 Å². The number of aromatic nitrogens is 1. The van der Waals surface area contributed by atoms with Crippen LogP contribution in [0.4, 0.5) is 0 Å². The maximum atomic E-state index is 9.78. The Morgan fingerprint density at radius 3 is 3.00 bits per heavy atom. The molecular weight excluding hydrogens is 316 g/mol. The van der Waals surface area contributed by atoms with E-state index in [1.807, 2.05) is 36.5 Å². The molecule has 0 spiro atoms. The van der Waals surface area contributed by atoms with Gasteiger partial charge in [-0.05, 0) is 40.0 Å². The quantitative estimate of drug-likeness (QED) is 0.845. The van der Waals surface area contributed by atoms with E-state index in [-0.39, 0.29) is 0 Å². The van der Waals surface area contributed by atoms with Crippen LogP contribution in [0.15, 0.2) is 47.2 Å². The van der Waals surface area contributed by atoms with Gasteiger partial charge in [0.05, 0.1) is 18.1 Å². The number of pyridine rings is 1. The Balaban J connectivity index is 2.03. The highest BCUT2D eigenvalue weighted by molar-refractivity contribution is 9.10. The van der Waals surface area contributed by atoms with Crippen molar-refractivity contribution >= 4 is 15.9 Å². The predicted octanol–water partition coefficient (Wildman–Crippen LogP) is 3.63. The van der Waals surface area contributed by atoms with E-state index in [2.05, 4.69) is 27.0 Å². The third-order valence-corrected chi connectivity index (χ3v) is 4.10. The molecule has 1 aromatic carbocycles. The second-order valence-electron chi connectivity index (χ2n) is 4.98. The van der Waals surface area contributed by atoms with E-state index >= 15 is 0 Å². The minimum Gasteiger partial charge on any atom is -0.493 e. The number of rotatable bonds is 2. The maximum Gasteiger partial charge on any atom is 0.124 e. The molecule has 1 aromatic heterocycles. The number of hydrogen-bond acceptors (Lipinski definition) is 3. The van der Waals surface area contributed by atoms with E-state index < -0.39 is 5.41 Å².